The standard InChI is InChI=1S/C36H38F9N3O4/c1-17(2)11-27(48-16-21(7-10-47-8-6-9-47)23(14-28(48)49)35(40,41)42)34(52)46-26(15-29(50)51)31-32(38)22(13-24(33(31)39)36(43,44)45)30-18(3)12-25(37)19(4)20(30)5/h12-14,16-17,26-27H,6-11,15H2,1-5H3,(H,46,52)(H,50,51). The number of pyridine rings is 1. The van der Waals surface area contributed by atoms with Crippen LogP contribution in [0.4, 0.5) is 39.5 Å². The first-order valence-corrected chi connectivity index (χ1v) is 16.4. The van der Waals surface area contributed by atoms with Crippen molar-refractivity contribution in [1.29, 1.82) is 0 Å². The summed E-state index contributed by atoms with van der Waals surface area (Å²) in [5.74, 6) is -8.11. The van der Waals surface area contributed by atoms with Crippen LogP contribution in [0.2, 0.25) is 0 Å². The smallest absolute Gasteiger partial charge is 0.419 e. The molecule has 1 aromatic heterocycles. The Bertz CT molecular complexity index is 1910. The molecule has 2 unspecified atom stereocenters. The average molecular weight is 748 g/mol. The van der Waals surface area contributed by atoms with Crippen LogP contribution in [-0.2, 0) is 28.4 Å². The summed E-state index contributed by atoms with van der Waals surface area (Å²) in [6.07, 6.45) is -10.4. The Morgan fingerprint density at radius 1 is 0.904 bits per heavy atom. The van der Waals surface area contributed by atoms with Gasteiger partial charge in [-0.05, 0) is 99.0 Å². The summed E-state index contributed by atoms with van der Waals surface area (Å²) >= 11 is 0. The van der Waals surface area contributed by atoms with Gasteiger partial charge in [-0.1, -0.05) is 13.8 Å². The number of aromatic nitrogens is 1. The number of aliphatic carboxylic acids is 1. The van der Waals surface area contributed by atoms with E-state index >= 15 is 8.78 Å². The van der Waals surface area contributed by atoms with Crippen LogP contribution in [0.5, 0.6) is 0 Å². The van der Waals surface area contributed by atoms with E-state index in [9.17, 15) is 50.2 Å². The summed E-state index contributed by atoms with van der Waals surface area (Å²) in [4.78, 5) is 41.0. The molecular formula is C36H38F9N3O4. The Morgan fingerprint density at radius 2 is 1.52 bits per heavy atom. The predicted octanol–water partition coefficient (Wildman–Crippen LogP) is 8.06. The van der Waals surface area contributed by atoms with Crippen molar-refractivity contribution in [3.63, 3.8) is 0 Å². The highest BCUT2D eigenvalue weighted by Crippen LogP contribution is 2.43. The number of halogens is 9. The van der Waals surface area contributed by atoms with Crippen LogP contribution >= 0.6 is 0 Å². The molecule has 1 aliphatic rings. The Labute approximate surface area is 293 Å². The molecule has 2 atom stereocenters. The molecule has 1 aliphatic heterocycles. The molecule has 2 N–H and O–H groups in total. The van der Waals surface area contributed by atoms with Crippen molar-refractivity contribution < 1.29 is 54.2 Å². The third kappa shape index (κ3) is 8.64. The maximum atomic E-state index is 16.5. The topological polar surface area (TPSA) is 91.6 Å². The third-order valence-corrected chi connectivity index (χ3v) is 9.33. The van der Waals surface area contributed by atoms with Crippen LogP contribution in [0.1, 0.15) is 84.1 Å². The summed E-state index contributed by atoms with van der Waals surface area (Å²) in [7, 11) is 0. The van der Waals surface area contributed by atoms with Crippen LogP contribution in [0.25, 0.3) is 11.1 Å². The van der Waals surface area contributed by atoms with Crippen LogP contribution in [0, 0.1) is 44.1 Å². The number of nitrogens with one attached hydrogen (secondary N) is 1. The molecular weight excluding hydrogens is 709 g/mol. The maximum absolute atomic E-state index is 16.5. The molecule has 0 radical (unpaired) electrons. The van der Waals surface area contributed by atoms with Gasteiger partial charge in [-0.2, -0.15) is 26.3 Å². The Hall–Kier alpha value is -4.34. The molecule has 2 aromatic carbocycles. The fourth-order valence-electron chi connectivity index (χ4n) is 6.44. The summed E-state index contributed by atoms with van der Waals surface area (Å²) in [6.45, 7) is 8.62. The zero-order valence-electron chi connectivity index (χ0n) is 29.0. The van der Waals surface area contributed by atoms with E-state index in [0.29, 0.717) is 23.7 Å². The summed E-state index contributed by atoms with van der Waals surface area (Å²) < 4.78 is 132. The molecule has 52 heavy (non-hydrogen) atoms. The van der Waals surface area contributed by atoms with Crippen molar-refractivity contribution >= 4 is 11.9 Å². The van der Waals surface area contributed by atoms with Gasteiger partial charge in [-0.3, -0.25) is 14.4 Å². The lowest BCUT2D eigenvalue weighted by Gasteiger charge is -2.31. The van der Waals surface area contributed by atoms with Gasteiger partial charge >= 0.3 is 18.3 Å². The van der Waals surface area contributed by atoms with Gasteiger partial charge < -0.3 is 19.9 Å². The van der Waals surface area contributed by atoms with Gasteiger partial charge in [0.2, 0.25) is 5.91 Å². The number of alkyl halides is 6. The van der Waals surface area contributed by atoms with E-state index in [1.165, 1.54) is 20.8 Å². The van der Waals surface area contributed by atoms with Crippen molar-refractivity contribution in [3.05, 3.63) is 91.1 Å². The monoisotopic (exact) mass is 747 g/mol. The van der Waals surface area contributed by atoms with Crippen LogP contribution < -0.4 is 10.9 Å². The van der Waals surface area contributed by atoms with E-state index in [1.54, 1.807) is 13.8 Å². The van der Waals surface area contributed by atoms with Gasteiger partial charge in [0.15, 0.2) is 0 Å². The zero-order valence-corrected chi connectivity index (χ0v) is 29.0. The lowest BCUT2D eigenvalue weighted by molar-refractivity contribution is -0.140. The summed E-state index contributed by atoms with van der Waals surface area (Å²) in [6, 6.07) is -2.52. The quantitative estimate of drug-likeness (QED) is 0.183. The van der Waals surface area contributed by atoms with Crippen molar-refractivity contribution in [2.75, 3.05) is 19.6 Å². The number of nitrogens with zero attached hydrogens (tertiary/aromatic N) is 2. The molecule has 284 valence electrons. The lowest BCUT2D eigenvalue weighted by Crippen LogP contribution is -2.41. The van der Waals surface area contributed by atoms with Crippen molar-refractivity contribution in [2.45, 2.75) is 84.7 Å². The number of hydrogen-bond acceptors (Lipinski definition) is 4. The fourth-order valence-corrected chi connectivity index (χ4v) is 6.44. The molecule has 16 heteroatoms. The summed E-state index contributed by atoms with van der Waals surface area (Å²) in [5, 5.41) is 11.8. The van der Waals surface area contributed by atoms with Crippen molar-refractivity contribution in [1.82, 2.24) is 14.8 Å². The van der Waals surface area contributed by atoms with Gasteiger partial charge in [-0.15, -0.1) is 0 Å². The first-order valence-electron chi connectivity index (χ1n) is 16.4. The SMILES string of the molecule is Cc1cc(F)c(C)c(C)c1-c1cc(C(F)(F)F)c(F)c(C(CC(=O)O)NC(=O)C(CC(C)C)n2cc(CCN3CCC3)c(C(F)(F)F)cc2=O)c1F. The second-order valence-electron chi connectivity index (χ2n) is 13.5. The van der Waals surface area contributed by atoms with Crippen molar-refractivity contribution in [2.24, 2.45) is 5.92 Å². The minimum absolute atomic E-state index is 0.0180. The molecule has 0 saturated carbocycles. The van der Waals surface area contributed by atoms with Crippen molar-refractivity contribution in [3.8, 4) is 11.1 Å². The first kappa shape index (κ1) is 40.4. The second-order valence-corrected chi connectivity index (χ2v) is 13.5. The Balaban J connectivity index is 1.90. The average Bonchev–Trinajstić information content (AvgIpc) is 2.98. The normalized spacial score (nSPS) is 15.1. The Kier molecular flexibility index (Phi) is 11.9. The molecule has 0 bridgehead atoms. The molecule has 2 heterocycles. The van der Waals surface area contributed by atoms with E-state index < -0.39 is 93.9 Å². The van der Waals surface area contributed by atoms with Crippen LogP contribution in [0.3, 0.4) is 0 Å². The zero-order chi connectivity index (χ0) is 39.0. The summed E-state index contributed by atoms with van der Waals surface area (Å²) in [5.41, 5.74) is -7.35. The number of rotatable bonds is 12. The molecule has 0 aliphatic carbocycles. The second kappa shape index (κ2) is 15.3. The largest absolute Gasteiger partial charge is 0.481 e. The molecule has 4 rings (SSSR count). The minimum atomic E-state index is -5.45. The van der Waals surface area contributed by atoms with Gasteiger partial charge in [0, 0.05) is 29.9 Å². The van der Waals surface area contributed by atoms with E-state index in [0.717, 1.165) is 18.7 Å². The number of amides is 1. The first-order chi connectivity index (χ1) is 24.0. The maximum Gasteiger partial charge on any atom is 0.419 e. The lowest BCUT2D eigenvalue weighted by atomic mass is 9.87. The number of aryl methyl sites for hydroxylation is 1. The molecule has 0 spiro atoms. The number of hydrogen-bond donors (Lipinski definition) is 2. The van der Waals surface area contributed by atoms with Gasteiger partial charge in [-0.25, -0.2) is 13.2 Å². The highest BCUT2D eigenvalue weighted by Gasteiger charge is 2.41. The molecule has 7 nitrogen and oxygen atoms in total. The molecule has 3 aromatic rings. The van der Waals surface area contributed by atoms with Gasteiger partial charge in [0.25, 0.3) is 5.56 Å². The van der Waals surface area contributed by atoms with E-state index in [2.05, 4.69) is 5.32 Å². The van der Waals surface area contributed by atoms with E-state index in [1.807, 2.05) is 4.90 Å². The Morgan fingerprint density at radius 3 is 2.04 bits per heavy atom. The molecule has 1 fully saturated rings. The fraction of sp³-hybridized carbons (Fsp3) is 0.472. The molecule has 1 saturated heterocycles. The van der Waals surface area contributed by atoms with E-state index in [-0.39, 0.29) is 53.3 Å². The number of carboxylic acids is 1. The van der Waals surface area contributed by atoms with Gasteiger partial charge in [0.05, 0.1) is 23.6 Å². The minimum Gasteiger partial charge on any atom is -0.481 e. The number of carboxylic acid groups (broad SMARTS) is 1. The van der Waals surface area contributed by atoms with Crippen LogP contribution in [0.15, 0.2) is 29.2 Å². The third-order valence-electron chi connectivity index (χ3n) is 9.33. The number of carbonyl (C=O) groups excluding carboxylic acids is 1. The number of likely N-dealkylation sites (tertiary alicyclic amines) is 1. The van der Waals surface area contributed by atoms with Crippen LogP contribution in [-0.4, -0.2) is 46.1 Å². The van der Waals surface area contributed by atoms with Gasteiger partial charge in [0.1, 0.15) is 23.5 Å². The predicted molar refractivity (Wildman–Crippen MR) is 173 cm³/mol. The highest BCUT2D eigenvalue weighted by atomic mass is 19.4. The number of benzene rings is 2. The number of carbonyl (C=O) groups is 2. The van der Waals surface area contributed by atoms with E-state index in [4.69, 9.17) is 0 Å². The highest BCUT2D eigenvalue weighted by molar-refractivity contribution is 5.82. The molecule has 1 amide bonds.